The Morgan fingerprint density at radius 1 is 1.64 bits per heavy atom. The summed E-state index contributed by atoms with van der Waals surface area (Å²) in [6.45, 7) is 0.986. The molecule has 0 saturated carbocycles. The Hall–Kier alpha value is -0.480. The molecule has 1 atom stereocenters. The van der Waals surface area contributed by atoms with Crippen molar-refractivity contribution in [1.82, 2.24) is 9.97 Å². The number of anilines is 1. The Morgan fingerprint density at radius 2 is 2.57 bits per heavy atom. The van der Waals surface area contributed by atoms with E-state index in [0.29, 0.717) is 5.28 Å². The molecule has 14 heavy (non-hydrogen) atoms. The van der Waals surface area contributed by atoms with Crippen molar-refractivity contribution in [3.63, 3.8) is 0 Å². The van der Waals surface area contributed by atoms with Gasteiger partial charge in [-0.2, -0.15) is 11.8 Å². The van der Waals surface area contributed by atoms with Gasteiger partial charge in [0.1, 0.15) is 5.82 Å². The molecule has 0 aromatic carbocycles. The lowest BCUT2D eigenvalue weighted by molar-refractivity contribution is 0.630. The van der Waals surface area contributed by atoms with Crippen molar-refractivity contribution in [1.29, 1.82) is 0 Å². The molecule has 2 heterocycles. The smallest absolute Gasteiger partial charge is 0.224 e. The van der Waals surface area contributed by atoms with Crippen molar-refractivity contribution in [3.8, 4) is 0 Å². The van der Waals surface area contributed by atoms with Crippen LogP contribution >= 0.6 is 23.4 Å². The topological polar surface area (TPSA) is 37.8 Å². The van der Waals surface area contributed by atoms with Gasteiger partial charge in [0.15, 0.2) is 0 Å². The van der Waals surface area contributed by atoms with Gasteiger partial charge in [-0.15, -0.1) is 0 Å². The van der Waals surface area contributed by atoms with Crippen LogP contribution in [0, 0.1) is 5.92 Å². The molecule has 1 aromatic heterocycles. The second kappa shape index (κ2) is 4.84. The molecule has 1 aromatic rings. The number of rotatable bonds is 3. The van der Waals surface area contributed by atoms with Crippen molar-refractivity contribution in [2.75, 3.05) is 23.4 Å². The maximum atomic E-state index is 5.67. The van der Waals surface area contributed by atoms with E-state index in [1.54, 1.807) is 6.20 Å². The molecule has 0 aliphatic carbocycles. The third-order valence-electron chi connectivity index (χ3n) is 2.22. The highest BCUT2D eigenvalue weighted by Gasteiger charge is 2.14. The van der Waals surface area contributed by atoms with Crippen molar-refractivity contribution in [3.05, 3.63) is 17.5 Å². The Labute approximate surface area is 92.7 Å². The second-order valence-corrected chi connectivity index (χ2v) is 4.81. The quantitative estimate of drug-likeness (QED) is 0.808. The van der Waals surface area contributed by atoms with E-state index in [2.05, 4.69) is 15.3 Å². The van der Waals surface area contributed by atoms with Gasteiger partial charge in [-0.25, -0.2) is 9.97 Å². The minimum Gasteiger partial charge on any atom is -0.370 e. The molecule has 1 aliphatic heterocycles. The molecule has 0 amide bonds. The maximum Gasteiger partial charge on any atom is 0.224 e. The molecular weight excluding hydrogens is 218 g/mol. The Morgan fingerprint density at radius 3 is 3.29 bits per heavy atom. The average molecular weight is 230 g/mol. The summed E-state index contributed by atoms with van der Waals surface area (Å²) >= 11 is 7.70. The summed E-state index contributed by atoms with van der Waals surface area (Å²) in [5.41, 5.74) is 0. The summed E-state index contributed by atoms with van der Waals surface area (Å²) in [4.78, 5) is 7.90. The minimum atomic E-state index is 0.302. The zero-order chi connectivity index (χ0) is 9.80. The molecule has 1 aliphatic rings. The number of hydrogen-bond donors (Lipinski definition) is 1. The molecule has 2 rings (SSSR count). The first-order valence-corrected chi connectivity index (χ1v) is 6.18. The van der Waals surface area contributed by atoms with Gasteiger partial charge in [0.25, 0.3) is 0 Å². The molecule has 0 spiro atoms. The van der Waals surface area contributed by atoms with Crippen LogP contribution < -0.4 is 5.32 Å². The maximum absolute atomic E-state index is 5.67. The van der Waals surface area contributed by atoms with Crippen LogP contribution in [0.4, 0.5) is 5.82 Å². The highest BCUT2D eigenvalue weighted by Crippen LogP contribution is 2.23. The predicted octanol–water partition coefficient (Wildman–Crippen LogP) is 2.29. The minimum absolute atomic E-state index is 0.302. The van der Waals surface area contributed by atoms with Gasteiger partial charge in [0.05, 0.1) is 0 Å². The molecule has 1 unspecified atom stereocenters. The molecule has 76 valence electrons. The van der Waals surface area contributed by atoms with Gasteiger partial charge < -0.3 is 5.32 Å². The summed E-state index contributed by atoms with van der Waals surface area (Å²) in [6, 6.07) is 1.84. The van der Waals surface area contributed by atoms with Gasteiger partial charge in [0.2, 0.25) is 5.28 Å². The number of halogens is 1. The molecule has 5 heteroatoms. The third kappa shape index (κ3) is 2.75. The molecule has 0 radical (unpaired) electrons. The summed E-state index contributed by atoms with van der Waals surface area (Å²) in [7, 11) is 0. The van der Waals surface area contributed by atoms with Gasteiger partial charge in [-0.3, -0.25) is 0 Å². The first kappa shape index (κ1) is 10.1. The van der Waals surface area contributed by atoms with E-state index in [1.165, 1.54) is 17.9 Å². The van der Waals surface area contributed by atoms with Crippen molar-refractivity contribution in [2.45, 2.75) is 6.42 Å². The number of nitrogens with one attached hydrogen (secondary N) is 1. The molecule has 1 saturated heterocycles. The van der Waals surface area contributed by atoms with E-state index >= 15 is 0 Å². The van der Waals surface area contributed by atoms with Crippen LogP contribution in [0.3, 0.4) is 0 Å². The van der Waals surface area contributed by atoms with Gasteiger partial charge in [0, 0.05) is 12.7 Å². The summed E-state index contributed by atoms with van der Waals surface area (Å²) in [5.74, 6) is 4.14. The Kier molecular flexibility index (Phi) is 3.48. The van der Waals surface area contributed by atoms with Crippen molar-refractivity contribution in [2.24, 2.45) is 5.92 Å². The molecule has 1 N–H and O–H groups in total. The summed E-state index contributed by atoms with van der Waals surface area (Å²) in [6.07, 6.45) is 2.97. The van der Waals surface area contributed by atoms with Crippen LogP contribution in [0.15, 0.2) is 12.3 Å². The largest absolute Gasteiger partial charge is 0.370 e. The number of aromatic nitrogens is 2. The highest BCUT2D eigenvalue weighted by atomic mass is 35.5. The molecule has 1 fully saturated rings. The van der Waals surface area contributed by atoms with Crippen LogP contribution in [-0.4, -0.2) is 28.0 Å². The first-order valence-electron chi connectivity index (χ1n) is 4.65. The van der Waals surface area contributed by atoms with E-state index in [1.807, 2.05) is 17.8 Å². The highest BCUT2D eigenvalue weighted by molar-refractivity contribution is 7.99. The Bertz CT molecular complexity index is 302. The number of thioether (sulfide) groups is 1. The van der Waals surface area contributed by atoms with E-state index in [4.69, 9.17) is 11.6 Å². The number of nitrogens with zero attached hydrogens (tertiary/aromatic N) is 2. The lowest BCUT2D eigenvalue weighted by Gasteiger charge is -2.09. The first-order chi connectivity index (χ1) is 6.84. The van der Waals surface area contributed by atoms with Gasteiger partial charge >= 0.3 is 0 Å². The van der Waals surface area contributed by atoms with Crippen molar-refractivity contribution >= 4 is 29.2 Å². The van der Waals surface area contributed by atoms with Crippen LogP contribution in [0.2, 0.25) is 5.28 Å². The fourth-order valence-electron chi connectivity index (χ4n) is 1.43. The standard InChI is InChI=1S/C9H12ClN3S/c10-9-11-3-1-8(13-9)12-5-7-2-4-14-6-7/h1,3,7H,2,4-6H2,(H,11,12,13). The fraction of sp³-hybridized carbons (Fsp3) is 0.556. The zero-order valence-corrected chi connectivity index (χ0v) is 9.31. The van der Waals surface area contributed by atoms with Crippen LogP contribution in [0.25, 0.3) is 0 Å². The molecular formula is C9H12ClN3S. The zero-order valence-electron chi connectivity index (χ0n) is 7.74. The monoisotopic (exact) mass is 229 g/mol. The van der Waals surface area contributed by atoms with Gasteiger partial charge in [-0.05, 0) is 41.5 Å². The van der Waals surface area contributed by atoms with Crippen LogP contribution in [-0.2, 0) is 0 Å². The lowest BCUT2D eigenvalue weighted by Crippen LogP contribution is -2.14. The van der Waals surface area contributed by atoms with E-state index < -0.39 is 0 Å². The fourth-order valence-corrected chi connectivity index (χ4v) is 2.86. The normalized spacial score (nSPS) is 21.1. The second-order valence-electron chi connectivity index (χ2n) is 3.32. The SMILES string of the molecule is Clc1nccc(NCC2CCSC2)n1. The van der Waals surface area contributed by atoms with Gasteiger partial charge in [-0.1, -0.05) is 0 Å². The third-order valence-corrected chi connectivity index (χ3v) is 3.64. The van der Waals surface area contributed by atoms with Crippen LogP contribution in [0.5, 0.6) is 0 Å². The van der Waals surface area contributed by atoms with E-state index in [9.17, 15) is 0 Å². The van der Waals surface area contributed by atoms with Crippen LogP contribution in [0.1, 0.15) is 6.42 Å². The van der Waals surface area contributed by atoms with E-state index in [0.717, 1.165) is 18.3 Å². The Balaban J connectivity index is 1.85. The summed E-state index contributed by atoms with van der Waals surface area (Å²) in [5, 5.41) is 3.58. The van der Waals surface area contributed by atoms with Crippen molar-refractivity contribution < 1.29 is 0 Å². The average Bonchev–Trinajstić information content (AvgIpc) is 2.67. The molecule has 0 bridgehead atoms. The lowest BCUT2D eigenvalue weighted by atomic mass is 10.1. The summed E-state index contributed by atoms with van der Waals surface area (Å²) < 4.78 is 0. The van der Waals surface area contributed by atoms with E-state index in [-0.39, 0.29) is 0 Å². The predicted molar refractivity (Wildman–Crippen MR) is 61.0 cm³/mol. The molecule has 3 nitrogen and oxygen atoms in total. The number of hydrogen-bond acceptors (Lipinski definition) is 4.